The molecular weight excluding hydrogens is 260 g/mol. The van der Waals surface area contributed by atoms with E-state index in [1.54, 1.807) is 18.4 Å². The minimum atomic E-state index is -0.463. The standard InChI is InChI=1S/C14H10N2O4/c17-11-4-1-8(14(18)15-11)13-12-7-5-6-19-9(7)2-3-10(12)20-16-13/h2-3,5-6,8H,1,4H2,(H,15,17,18). The van der Waals surface area contributed by atoms with Crippen LogP contribution in [0.5, 0.6) is 0 Å². The molecule has 6 heteroatoms. The van der Waals surface area contributed by atoms with Gasteiger partial charge in [0.15, 0.2) is 5.58 Å². The van der Waals surface area contributed by atoms with Gasteiger partial charge in [0.05, 0.1) is 17.6 Å². The summed E-state index contributed by atoms with van der Waals surface area (Å²) in [5.41, 5.74) is 1.89. The Labute approximate surface area is 112 Å². The van der Waals surface area contributed by atoms with Crippen molar-refractivity contribution in [2.24, 2.45) is 0 Å². The maximum Gasteiger partial charge on any atom is 0.235 e. The topological polar surface area (TPSA) is 85.3 Å². The summed E-state index contributed by atoms with van der Waals surface area (Å²) in [5.74, 6) is -1.03. The molecule has 1 aromatic carbocycles. The molecule has 0 spiro atoms. The molecule has 1 saturated heterocycles. The van der Waals surface area contributed by atoms with Gasteiger partial charge in [0.25, 0.3) is 0 Å². The van der Waals surface area contributed by atoms with Gasteiger partial charge in [-0.05, 0) is 24.6 Å². The molecule has 1 fully saturated rings. The van der Waals surface area contributed by atoms with Crippen LogP contribution in [0.3, 0.4) is 0 Å². The van der Waals surface area contributed by atoms with Gasteiger partial charge in [0.2, 0.25) is 11.8 Å². The lowest BCUT2D eigenvalue weighted by atomic mass is 9.92. The molecule has 1 atom stereocenters. The van der Waals surface area contributed by atoms with Gasteiger partial charge in [-0.25, -0.2) is 0 Å². The van der Waals surface area contributed by atoms with E-state index in [-0.39, 0.29) is 11.8 Å². The third kappa shape index (κ3) is 1.48. The van der Waals surface area contributed by atoms with E-state index in [0.29, 0.717) is 29.7 Å². The van der Waals surface area contributed by atoms with Crippen molar-refractivity contribution in [1.82, 2.24) is 10.5 Å². The van der Waals surface area contributed by atoms with Crippen LogP contribution in [-0.2, 0) is 9.59 Å². The van der Waals surface area contributed by atoms with Gasteiger partial charge in [0.1, 0.15) is 11.3 Å². The second-order valence-electron chi connectivity index (χ2n) is 4.84. The molecule has 0 bridgehead atoms. The second kappa shape index (κ2) is 3.93. The van der Waals surface area contributed by atoms with Gasteiger partial charge in [-0.15, -0.1) is 0 Å². The Morgan fingerprint density at radius 1 is 1.20 bits per heavy atom. The van der Waals surface area contributed by atoms with E-state index in [0.717, 1.165) is 10.8 Å². The van der Waals surface area contributed by atoms with Crippen LogP contribution >= 0.6 is 0 Å². The number of nitrogens with zero attached hydrogens (tertiary/aromatic N) is 1. The third-order valence-corrected chi connectivity index (χ3v) is 3.66. The fraction of sp³-hybridized carbons (Fsp3) is 0.214. The average Bonchev–Trinajstić information content (AvgIpc) is 3.03. The SMILES string of the molecule is O=C1CCC(c2noc3ccc4occc4c23)C(=O)N1. The van der Waals surface area contributed by atoms with Crippen LogP contribution in [0.2, 0.25) is 0 Å². The number of imide groups is 1. The highest BCUT2D eigenvalue weighted by molar-refractivity contribution is 6.08. The van der Waals surface area contributed by atoms with Crippen LogP contribution in [0, 0.1) is 0 Å². The van der Waals surface area contributed by atoms with E-state index in [4.69, 9.17) is 8.94 Å². The monoisotopic (exact) mass is 270 g/mol. The van der Waals surface area contributed by atoms with Crippen molar-refractivity contribution in [3.8, 4) is 0 Å². The number of aromatic nitrogens is 1. The lowest BCUT2D eigenvalue weighted by molar-refractivity contribution is -0.134. The summed E-state index contributed by atoms with van der Waals surface area (Å²) in [5, 5.41) is 8.02. The summed E-state index contributed by atoms with van der Waals surface area (Å²) >= 11 is 0. The highest BCUT2D eigenvalue weighted by Gasteiger charge is 2.32. The molecule has 0 saturated carbocycles. The second-order valence-corrected chi connectivity index (χ2v) is 4.84. The largest absolute Gasteiger partial charge is 0.464 e. The first-order valence-electron chi connectivity index (χ1n) is 6.33. The third-order valence-electron chi connectivity index (χ3n) is 3.66. The van der Waals surface area contributed by atoms with E-state index < -0.39 is 5.92 Å². The molecule has 1 N–H and O–H groups in total. The minimum Gasteiger partial charge on any atom is -0.464 e. The van der Waals surface area contributed by atoms with Crippen molar-refractivity contribution in [3.63, 3.8) is 0 Å². The molecule has 3 aromatic rings. The van der Waals surface area contributed by atoms with Gasteiger partial charge >= 0.3 is 0 Å². The lowest BCUT2D eigenvalue weighted by Gasteiger charge is -2.18. The number of hydrogen-bond donors (Lipinski definition) is 1. The Hall–Kier alpha value is -2.63. The minimum absolute atomic E-state index is 0.243. The maximum atomic E-state index is 12.0. The number of piperidine rings is 1. The zero-order valence-electron chi connectivity index (χ0n) is 10.4. The molecule has 4 rings (SSSR count). The number of carbonyl (C=O) groups is 2. The van der Waals surface area contributed by atoms with Gasteiger partial charge in [-0.1, -0.05) is 5.16 Å². The molecule has 6 nitrogen and oxygen atoms in total. The van der Waals surface area contributed by atoms with Crippen molar-refractivity contribution in [3.05, 3.63) is 30.2 Å². The molecule has 0 aliphatic carbocycles. The Bertz CT molecular complexity index is 845. The molecule has 1 unspecified atom stereocenters. The Morgan fingerprint density at radius 3 is 2.90 bits per heavy atom. The predicted octanol–water partition coefficient (Wildman–Crippen LogP) is 2.09. The zero-order valence-corrected chi connectivity index (χ0v) is 10.4. The van der Waals surface area contributed by atoms with Crippen molar-refractivity contribution in [1.29, 1.82) is 0 Å². The normalized spacial score (nSPS) is 19.7. The van der Waals surface area contributed by atoms with E-state index in [1.165, 1.54) is 0 Å². The summed E-state index contributed by atoms with van der Waals surface area (Å²) < 4.78 is 10.7. The highest BCUT2D eigenvalue weighted by Crippen LogP contribution is 2.35. The van der Waals surface area contributed by atoms with Crippen molar-refractivity contribution < 1.29 is 18.5 Å². The number of fused-ring (bicyclic) bond motifs is 3. The van der Waals surface area contributed by atoms with Crippen molar-refractivity contribution in [2.75, 3.05) is 0 Å². The summed E-state index contributed by atoms with van der Waals surface area (Å²) in [6, 6.07) is 5.39. The van der Waals surface area contributed by atoms with Gasteiger partial charge < -0.3 is 8.94 Å². The number of benzene rings is 1. The molecule has 3 heterocycles. The zero-order chi connectivity index (χ0) is 13.7. The smallest absolute Gasteiger partial charge is 0.235 e. The number of rotatable bonds is 1. The van der Waals surface area contributed by atoms with Crippen LogP contribution in [0.4, 0.5) is 0 Å². The van der Waals surface area contributed by atoms with Crippen LogP contribution < -0.4 is 5.32 Å². The van der Waals surface area contributed by atoms with Crippen molar-refractivity contribution >= 4 is 33.8 Å². The summed E-state index contributed by atoms with van der Waals surface area (Å²) in [6.07, 6.45) is 2.35. The molecule has 2 amide bonds. The van der Waals surface area contributed by atoms with E-state index in [9.17, 15) is 9.59 Å². The quantitative estimate of drug-likeness (QED) is 0.684. The van der Waals surface area contributed by atoms with Crippen LogP contribution in [0.1, 0.15) is 24.5 Å². The predicted molar refractivity (Wildman–Crippen MR) is 68.9 cm³/mol. The summed E-state index contributed by atoms with van der Waals surface area (Å²) in [4.78, 5) is 23.2. The fourth-order valence-corrected chi connectivity index (χ4v) is 2.70. The number of carbonyl (C=O) groups excluding carboxylic acids is 2. The number of furan rings is 1. The van der Waals surface area contributed by atoms with E-state index in [2.05, 4.69) is 10.5 Å². The molecule has 100 valence electrons. The number of hydrogen-bond acceptors (Lipinski definition) is 5. The highest BCUT2D eigenvalue weighted by atomic mass is 16.5. The van der Waals surface area contributed by atoms with E-state index >= 15 is 0 Å². The Kier molecular flexibility index (Phi) is 2.20. The molecule has 2 aromatic heterocycles. The Balaban J connectivity index is 1.93. The first-order chi connectivity index (χ1) is 9.74. The van der Waals surface area contributed by atoms with Crippen LogP contribution in [0.15, 0.2) is 33.4 Å². The molecule has 20 heavy (non-hydrogen) atoms. The van der Waals surface area contributed by atoms with E-state index in [1.807, 2.05) is 6.07 Å². The number of amides is 2. The molecule has 1 aliphatic rings. The Morgan fingerprint density at radius 2 is 2.05 bits per heavy atom. The van der Waals surface area contributed by atoms with Crippen LogP contribution in [-0.4, -0.2) is 17.0 Å². The molecule has 0 radical (unpaired) electrons. The number of nitrogens with one attached hydrogen (secondary N) is 1. The van der Waals surface area contributed by atoms with Gasteiger partial charge in [-0.2, -0.15) is 0 Å². The lowest BCUT2D eigenvalue weighted by Crippen LogP contribution is -2.39. The first kappa shape index (κ1) is 11.2. The van der Waals surface area contributed by atoms with Crippen LogP contribution in [0.25, 0.3) is 21.9 Å². The summed E-state index contributed by atoms with van der Waals surface area (Å²) in [6.45, 7) is 0. The van der Waals surface area contributed by atoms with Crippen molar-refractivity contribution in [2.45, 2.75) is 18.8 Å². The van der Waals surface area contributed by atoms with Gasteiger partial charge in [-0.3, -0.25) is 14.9 Å². The molecular formula is C14H10N2O4. The maximum absolute atomic E-state index is 12.0. The summed E-state index contributed by atoms with van der Waals surface area (Å²) in [7, 11) is 0. The fourth-order valence-electron chi connectivity index (χ4n) is 2.70. The first-order valence-corrected chi connectivity index (χ1v) is 6.33. The average molecular weight is 270 g/mol. The molecule has 1 aliphatic heterocycles. The van der Waals surface area contributed by atoms with Gasteiger partial charge in [0, 0.05) is 11.8 Å².